The summed E-state index contributed by atoms with van der Waals surface area (Å²) in [5.74, 6) is 0.248. The van der Waals surface area contributed by atoms with E-state index in [1.54, 1.807) is 6.07 Å². The SMILES string of the molecule is CCC(C)c1ccccc1F. The smallest absolute Gasteiger partial charge is 0.126 e. The lowest BCUT2D eigenvalue weighted by Crippen LogP contribution is -1.94. The predicted octanol–water partition coefficient (Wildman–Crippen LogP) is 3.34. The Labute approximate surface area is 67.1 Å². The van der Waals surface area contributed by atoms with Gasteiger partial charge < -0.3 is 0 Å². The predicted molar refractivity (Wildman–Crippen MR) is 45.1 cm³/mol. The molecule has 0 N–H and O–H groups in total. The molecule has 1 unspecified atom stereocenters. The second-order valence-corrected chi connectivity index (χ2v) is 2.83. The van der Waals surface area contributed by atoms with Crippen LogP contribution in [-0.4, -0.2) is 0 Å². The van der Waals surface area contributed by atoms with E-state index in [9.17, 15) is 4.39 Å². The molecule has 1 aromatic carbocycles. The minimum Gasteiger partial charge on any atom is -0.207 e. The molecule has 0 amide bonds. The van der Waals surface area contributed by atoms with Gasteiger partial charge in [0.05, 0.1) is 0 Å². The number of rotatable bonds is 2. The van der Waals surface area contributed by atoms with Crippen LogP contribution in [0.5, 0.6) is 0 Å². The fourth-order valence-electron chi connectivity index (χ4n) is 1.09. The van der Waals surface area contributed by atoms with E-state index in [2.05, 4.69) is 6.92 Å². The molecule has 0 aliphatic rings. The highest BCUT2D eigenvalue weighted by atomic mass is 19.1. The second kappa shape index (κ2) is 3.51. The van der Waals surface area contributed by atoms with Crippen LogP contribution < -0.4 is 0 Å². The van der Waals surface area contributed by atoms with Gasteiger partial charge in [-0.1, -0.05) is 32.0 Å². The Morgan fingerprint density at radius 3 is 2.55 bits per heavy atom. The first-order chi connectivity index (χ1) is 5.25. The molecule has 0 aliphatic carbocycles. The molecule has 0 saturated heterocycles. The quantitative estimate of drug-likeness (QED) is 0.609. The monoisotopic (exact) mass is 152 g/mol. The summed E-state index contributed by atoms with van der Waals surface area (Å²) in [5.41, 5.74) is 0.829. The van der Waals surface area contributed by atoms with Crippen molar-refractivity contribution in [2.75, 3.05) is 0 Å². The van der Waals surface area contributed by atoms with Gasteiger partial charge in [0.15, 0.2) is 0 Å². The van der Waals surface area contributed by atoms with E-state index in [1.807, 2.05) is 19.1 Å². The van der Waals surface area contributed by atoms with Crippen molar-refractivity contribution in [2.24, 2.45) is 0 Å². The summed E-state index contributed by atoms with van der Waals surface area (Å²) in [7, 11) is 0. The Hall–Kier alpha value is -0.850. The van der Waals surface area contributed by atoms with Gasteiger partial charge in [-0.05, 0) is 24.0 Å². The van der Waals surface area contributed by atoms with Crippen LogP contribution in [0.2, 0.25) is 0 Å². The molecule has 0 nitrogen and oxygen atoms in total. The van der Waals surface area contributed by atoms with Crippen LogP contribution in [0.3, 0.4) is 0 Å². The zero-order chi connectivity index (χ0) is 8.27. The lowest BCUT2D eigenvalue weighted by molar-refractivity contribution is 0.584. The summed E-state index contributed by atoms with van der Waals surface area (Å²) in [5, 5.41) is 0. The highest BCUT2D eigenvalue weighted by Gasteiger charge is 2.06. The van der Waals surface area contributed by atoms with Gasteiger partial charge in [-0.25, -0.2) is 4.39 Å². The Kier molecular flexibility index (Phi) is 2.64. The molecule has 1 rings (SSSR count). The summed E-state index contributed by atoms with van der Waals surface area (Å²) >= 11 is 0. The third-order valence-electron chi connectivity index (χ3n) is 2.05. The summed E-state index contributed by atoms with van der Waals surface area (Å²) in [6, 6.07) is 6.97. The van der Waals surface area contributed by atoms with Gasteiger partial charge in [0.25, 0.3) is 0 Å². The molecule has 0 radical (unpaired) electrons. The Morgan fingerprint density at radius 1 is 1.36 bits per heavy atom. The summed E-state index contributed by atoms with van der Waals surface area (Å²) in [6.07, 6.45) is 0.987. The number of hydrogen-bond donors (Lipinski definition) is 0. The molecule has 0 spiro atoms. The standard InChI is InChI=1S/C10H13F/c1-3-8(2)9-6-4-5-7-10(9)11/h4-8H,3H2,1-2H3. The fraction of sp³-hybridized carbons (Fsp3) is 0.400. The van der Waals surface area contributed by atoms with Crippen LogP contribution in [0, 0.1) is 5.82 Å². The van der Waals surface area contributed by atoms with E-state index in [4.69, 9.17) is 0 Å². The first-order valence-corrected chi connectivity index (χ1v) is 4.00. The minimum atomic E-state index is -0.0816. The zero-order valence-corrected chi connectivity index (χ0v) is 6.97. The first-order valence-electron chi connectivity index (χ1n) is 4.00. The lowest BCUT2D eigenvalue weighted by atomic mass is 9.98. The van der Waals surface area contributed by atoms with Crippen molar-refractivity contribution in [3.05, 3.63) is 35.6 Å². The largest absolute Gasteiger partial charge is 0.207 e. The second-order valence-electron chi connectivity index (χ2n) is 2.83. The van der Waals surface area contributed by atoms with E-state index in [-0.39, 0.29) is 5.82 Å². The summed E-state index contributed by atoms with van der Waals surface area (Å²) in [6.45, 7) is 4.11. The van der Waals surface area contributed by atoms with Gasteiger partial charge in [0.1, 0.15) is 5.82 Å². The Morgan fingerprint density at radius 2 is 2.00 bits per heavy atom. The third-order valence-corrected chi connectivity index (χ3v) is 2.05. The maximum Gasteiger partial charge on any atom is 0.126 e. The Balaban J connectivity index is 2.93. The maximum atomic E-state index is 13.0. The number of hydrogen-bond acceptors (Lipinski definition) is 0. The van der Waals surface area contributed by atoms with Gasteiger partial charge >= 0.3 is 0 Å². The summed E-state index contributed by atoms with van der Waals surface area (Å²) < 4.78 is 13.0. The van der Waals surface area contributed by atoms with Gasteiger partial charge in [-0.2, -0.15) is 0 Å². The van der Waals surface area contributed by atoms with Crippen molar-refractivity contribution in [3.63, 3.8) is 0 Å². The van der Waals surface area contributed by atoms with E-state index in [1.165, 1.54) is 6.07 Å². The van der Waals surface area contributed by atoms with Gasteiger partial charge in [0.2, 0.25) is 0 Å². The fourth-order valence-corrected chi connectivity index (χ4v) is 1.09. The molecule has 60 valence electrons. The van der Waals surface area contributed by atoms with E-state index in [0.29, 0.717) is 5.92 Å². The van der Waals surface area contributed by atoms with Crippen molar-refractivity contribution >= 4 is 0 Å². The molecule has 0 aromatic heterocycles. The van der Waals surface area contributed by atoms with Crippen LogP contribution in [0.4, 0.5) is 4.39 Å². The molecule has 0 aliphatic heterocycles. The lowest BCUT2D eigenvalue weighted by Gasteiger charge is -2.08. The molecule has 1 heteroatoms. The average molecular weight is 152 g/mol. The molecule has 11 heavy (non-hydrogen) atoms. The van der Waals surface area contributed by atoms with Crippen molar-refractivity contribution in [2.45, 2.75) is 26.2 Å². The van der Waals surface area contributed by atoms with Crippen LogP contribution in [0.15, 0.2) is 24.3 Å². The third kappa shape index (κ3) is 1.79. The molecule has 0 bridgehead atoms. The molecule has 0 saturated carbocycles. The van der Waals surface area contributed by atoms with Gasteiger partial charge in [-0.15, -0.1) is 0 Å². The normalized spacial score (nSPS) is 13.0. The van der Waals surface area contributed by atoms with Crippen LogP contribution in [0.1, 0.15) is 31.7 Å². The molecule has 1 aromatic rings. The molecule has 0 heterocycles. The summed E-state index contributed by atoms with van der Waals surface area (Å²) in [4.78, 5) is 0. The molecule has 0 fully saturated rings. The Bertz CT molecular complexity index is 230. The highest BCUT2D eigenvalue weighted by Crippen LogP contribution is 2.20. The van der Waals surface area contributed by atoms with Gasteiger partial charge in [-0.3, -0.25) is 0 Å². The van der Waals surface area contributed by atoms with Crippen LogP contribution >= 0.6 is 0 Å². The van der Waals surface area contributed by atoms with Crippen LogP contribution in [0.25, 0.3) is 0 Å². The van der Waals surface area contributed by atoms with E-state index >= 15 is 0 Å². The highest BCUT2D eigenvalue weighted by molar-refractivity contribution is 5.20. The van der Waals surface area contributed by atoms with Crippen molar-refractivity contribution < 1.29 is 4.39 Å². The van der Waals surface area contributed by atoms with E-state index < -0.39 is 0 Å². The van der Waals surface area contributed by atoms with E-state index in [0.717, 1.165) is 12.0 Å². The van der Waals surface area contributed by atoms with Crippen LogP contribution in [-0.2, 0) is 0 Å². The number of benzene rings is 1. The van der Waals surface area contributed by atoms with Crippen molar-refractivity contribution in [3.8, 4) is 0 Å². The molecular formula is C10H13F. The topological polar surface area (TPSA) is 0 Å². The average Bonchev–Trinajstić information content (AvgIpc) is 2.04. The number of halogens is 1. The maximum absolute atomic E-state index is 13.0. The molecule has 1 atom stereocenters. The minimum absolute atomic E-state index is 0.0816. The van der Waals surface area contributed by atoms with Crippen molar-refractivity contribution in [1.82, 2.24) is 0 Å². The first kappa shape index (κ1) is 8.25. The molecular weight excluding hydrogens is 139 g/mol. The van der Waals surface area contributed by atoms with Gasteiger partial charge in [0, 0.05) is 0 Å². The van der Waals surface area contributed by atoms with Crippen molar-refractivity contribution in [1.29, 1.82) is 0 Å². The zero-order valence-electron chi connectivity index (χ0n) is 6.97.